The van der Waals surface area contributed by atoms with Crippen LogP contribution >= 0.6 is 11.3 Å². The summed E-state index contributed by atoms with van der Waals surface area (Å²) >= 11 is 1.55. The molecule has 4 N–H and O–H groups in total. The lowest BCUT2D eigenvalue weighted by Crippen LogP contribution is -2.54. The Morgan fingerprint density at radius 3 is 2.36 bits per heavy atom. The number of alkyl halides is 3. The number of nitrogens with one attached hydrogen (secondary N) is 3. The first-order valence-corrected chi connectivity index (χ1v) is 23.8. The van der Waals surface area contributed by atoms with Gasteiger partial charge in [-0.25, -0.2) is 9.97 Å². The molecule has 5 amide bonds. The van der Waals surface area contributed by atoms with Crippen LogP contribution in [0.2, 0.25) is 0 Å². The highest BCUT2D eigenvalue weighted by Gasteiger charge is 2.46. The largest absolute Gasteiger partial charge is 0.433 e. The number of carbonyl (C=O) groups is 5. The molecule has 8 rings (SSSR count). The van der Waals surface area contributed by atoms with E-state index in [4.69, 9.17) is 4.98 Å². The number of fused-ring (bicyclic) bond motifs is 2. The number of hydrogen-bond donors (Lipinski definition) is 4. The molecule has 4 heterocycles. The predicted octanol–water partition coefficient (Wildman–Crippen LogP) is 8.88. The number of benzene rings is 2. The second kappa shape index (κ2) is 18.4. The van der Waals surface area contributed by atoms with Gasteiger partial charge in [0.2, 0.25) is 11.8 Å². The highest BCUT2D eigenvalue weighted by Crippen LogP contribution is 2.45. The molecule has 2 atom stereocenters. The maximum atomic E-state index is 13.6. The third-order valence-electron chi connectivity index (χ3n) is 14.2. The van der Waals surface area contributed by atoms with E-state index in [-0.39, 0.29) is 41.0 Å². The number of piperidine rings is 1. The normalized spacial score (nSPS) is 24.4. The number of nitrogens with zero attached hydrogens (tertiary/aromatic N) is 4. The van der Waals surface area contributed by atoms with Gasteiger partial charge in [0.05, 0.1) is 32.0 Å². The number of pyridine rings is 1. The third-order valence-corrected chi connectivity index (χ3v) is 15.4. The fraction of sp³-hybridized carbons (Fsp3) is 0.531. The van der Waals surface area contributed by atoms with Gasteiger partial charge in [0.25, 0.3) is 17.7 Å². The maximum Gasteiger partial charge on any atom is 0.433 e. The van der Waals surface area contributed by atoms with Crippen molar-refractivity contribution in [2.45, 2.75) is 128 Å². The molecular weight excluding hydrogens is 872 g/mol. The predicted molar refractivity (Wildman–Crippen MR) is 245 cm³/mol. The number of rotatable bonds is 13. The van der Waals surface area contributed by atoms with Gasteiger partial charge in [0, 0.05) is 48.4 Å². The van der Waals surface area contributed by atoms with E-state index in [0.717, 1.165) is 91.1 Å². The van der Waals surface area contributed by atoms with Crippen LogP contribution in [0.15, 0.2) is 48.5 Å². The molecule has 13 nitrogen and oxygen atoms in total. The van der Waals surface area contributed by atoms with Gasteiger partial charge in [-0.3, -0.25) is 34.2 Å². The van der Waals surface area contributed by atoms with Crippen LogP contribution in [0.25, 0.3) is 10.2 Å². The van der Waals surface area contributed by atoms with Crippen molar-refractivity contribution in [1.29, 1.82) is 0 Å². The topological polar surface area (TPSA) is 174 Å². The standard InChI is InChI=1S/C49H58F3N7O6S/c1-27(25-53-33-9-6-8-31-41(33)46(64)59(45(31)63)37-16-17-40(60)57-43(37)62)24-48(4)20-18-30(19-21-48)58(5)26-28-12-14-29(15-13-28)44-56-36-22-32(47(2,3)65)35(23-38(36)66-44)55-42(61)34-10-7-11-39(54-34)49(50,51)52/h6-11,22-23,27-30,37,53,65H,12-21,24-26H2,1-5H3,(H,55,61)(H,57,60,62)/t27-,28-,29-,30-,37?,48+/m0/s1. The number of aliphatic hydroxyl groups is 1. The van der Waals surface area contributed by atoms with E-state index in [1.165, 1.54) is 6.07 Å². The summed E-state index contributed by atoms with van der Waals surface area (Å²) in [4.78, 5) is 76.3. The number of hydrogen-bond acceptors (Lipinski definition) is 11. The number of thiazole rings is 1. The van der Waals surface area contributed by atoms with Gasteiger partial charge in [-0.1, -0.05) is 26.0 Å². The Balaban J connectivity index is 0.811. The average molecular weight is 930 g/mol. The highest BCUT2D eigenvalue weighted by atomic mass is 32.1. The van der Waals surface area contributed by atoms with E-state index in [2.05, 4.69) is 46.7 Å². The minimum atomic E-state index is -4.69. The Morgan fingerprint density at radius 1 is 0.970 bits per heavy atom. The van der Waals surface area contributed by atoms with E-state index < -0.39 is 53.0 Å². The molecule has 2 aliphatic carbocycles. The summed E-state index contributed by atoms with van der Waals surface area (Å²) in [7, 11) is 2.25. The molecule has 17 heteroatoms. The lowest BCUT2D eigenvalue weighted by atomic mass is 9.69. The van der Waals surface area contributed by atoms with Gasteiger partial charge in [-0.15, -0.1) is 11.3 Å². The lowest BCUT2D eigenvalue weighted by Gasteiger charge is -2.43. The van der Waals surface area contributed by atoms with Gasteiger partial charge in [0.15, 0.2) is 0 Å². The van der Waals surface area contributed by atoms with Crippen molar-refractivity contribution in [3.63, 3.8) is 0 Å². The van der Waals surface area contributed by atoms with Crippen molar-refractivity contribution in [2.24, 2.45) is 17.3 Å². The molecule has 4 aliphatic rings. The molecule has 0 radical (unpaired) electrons. The van der Waals surface area contributed by atoms with Crippen LogP contribution in [0, 0.1) is 17.3 Å². The molecule has 3 fully saturated rings. The first-order valence-electron chi connectivity index (χ1n) is 23.0. The molecule has 2 aliphatic heterocycles. The van der Waals surface area contributed by atoms with Gasteiger partial charge in [-0.2, -0.15) is 13.2 Å². The zero-order valence-corrected chi connectivity index (χ0v) is 38.8. The third kappa shape index (κ3) is 10.0. The zero-order valence-electron chi connectivity index (χ0n) is 38.0. The minimum Gasteiger partial charge on any atom is -0.386 e. The van der Waals surface area contributed by atoms with Gasteiger partial charge >= 0.3 is 6.18 Å². The molecule has 2 aromatic heterocycles. The highest BCUT2D eigenvalue weighted by molar-refractivity contribution is 7.18. The SMILES string of the molecule is C[C@H](CNc1cccc2c1C(=O)N(C1CCC(=O)NC1=O)C2=O)C[C@]1(C)CC[C@H](N(C)C[C@H]2CC[C@H](c3nc4cc(C(C)(C)O)c(NC(=O)c5cccc(C(F)(F)F)n5)cc4s3)CC2)CC1. The second-order valence-corrected chi connectivity index (χ2v) is 21.0. The molecule has 352 valence electrons. The Bertz CT molecular complexity index is 2540. The van der Waals surface area contributed by atoms with Gasteiger partial charge in [0.1, 0.15) is 17.4 Å². The van der Waals surface area contributed by atoms with Crippen LogP contribution in [-0.2, 0) is 21.4 Å². The summed E-state index contributed by atoms with van der Waals surface area (Å²) in [5, 5.41) is 20.4. The maximum absolute atomic E-state index is 13.6. The molecule has 1 unspecified atom stereocenters. The molecule has 4 aromatic rings. The van der Waals surface area contributed by atoms with Crippen LogP contribution in [0.4, 0.5) is 24.5 Å². The Morgan fingerprint density at radius 2 is 1.68 bits per heavy atom. The summed E-state index contributed by atoms with van der Waals surface area (Å²) in [6, 6.07) is 11.3. The second-order valence-electron chi connectivity index (χ2n) is 19.9. The molecule has 2 aromatic carbocycles. The van der Waals surface area contributed by atoms with E-state index in [9.17, 15) is 42.3 Å². The molecule has 0 spiro atoms. The van der Waals surface area contributed by atoms with E-state index in [1.807, 2.05) is 0 Å². The Hall–Kier alpha value is -5.26. The van der Waals surface area contributed by atoms with Crippen molar-refractivity contribution >= 4 is 62.5 Å². The summed E-state index contributed by atoms with van der Waals surface area (Å²) in [5.41, 5.74) is -0.208. The summed E-state index contributed by atoms with van der Waals surface area (Å²) in [5.74, 6) is -1.71. The van der Waals surface area contributed by atoms with E-state index in [0.29, 0.717) is 46.9 Å². The van der Waals surface area contributed by atoms with Gasteiger partial charge < -0.3 is 20.6 Å². The van der Waals surface area contributed by atoms with Crippen molar-refractivity contribution in [2.75, 3.05) is 30.8 Å². The minimum absolute atomic E-state index is 0.0717. The number of aromatic nitrogens is 2. The molecule has 0 bridgehead atoms. The first kappa shape index (κ1) is 47.2. The van der Waals surface area contributed by atoms with Crippen molar-refractivity contribution < 1.29 is 42.3 Å². The number of carbonyl (C=O) groups excluding carboxylic acids is 5. The van der Waals surface area contributed by atoms with Crippen LogP contribution in [0.3, 0.4) is 0 Å². The van der Waals surface area contributed by atoms with E-state index in [1.54, 1.807) is 55.5 Å². The van der Waals surface area contributed by atoms with Crippen molar-refractivity contribution in [3.8, 4) is 0 Å². The quantitative estimate of drug-likeness (QED) is 0.0949. The fourth-order valence-electron chi connectivity index (χ4n) is 10.6. The lowest BCUT2D eigenvalue weighted by molar-refractivity contribution is -0.141. The smallest absolute Gasteiger partial charge is 0.386 e. The fourth-order valence-corrected chi connectivity index (χ4v) is 11.8. The monoisotopic (exact) mass is 929 g/mol. The Labute approximate surface area is 386 Å². The number of imide groups is 2. The van der Waals surface area contributed by atoms with Gasteiger partial charge in [-0.05, 0) is 139 Å². The van der Waals surface area contributed by atoms with Crippen LogP contribution < -0.4 is 16.0 Å². The first-order chi connectivity index (χ1) is 31.2. The Kier molecular flexibility index (Phi) is 13.2. The summed E-state index contributed by atoms with van der Waals surface area (Å²) < 4.78 is 40.7. The molecule has 2 saturated carbocycles. The van der Waals surface area contributed by atoms with Crippen LogP contribution in [0.1, 0.15) is 152 Å². The average Bonchev–Trinajstić information content (AvgIpc) is 3.79. The van der Waals surface area contributed by atoms with Crippen LogP contribution in [0.5, 0.6) is 0 Å². The number of anilines is 2. The molecule has 1 saturated heterocycles. The van der Waals surface area contributed by atoms with E-state index >= 15 is 0 Å². The number of amides is 5. The van der Waals surface area contributed by atoms with Crippen LogP contribution in [-0.4, -0.2) is 86.6 Å². The van der Waals surface area contributed by atoms with Crippen molar-refractivity contribution in [1.82, 2.24) is 25.1 Å². The van der Waals surface area contributed by atoms with Crippen molar-refractivity contribution in [3.05, 3.63) is 81.6 Å². The number of halogens is 3. The molecular formula is C49H58F3N7O6S. The summed E-state index contributed by atoms with van der Waals surface area (Å²) in [6.07, 6.45) is 5.17. The zero-order chi connectivity index (χ0) is 47.3. The summed E-state index contributed by atoms with van der Waals surface area (Å²) in [6.45, 7) is 9.42. The molecule has 66 heavy (non-hydrogen) atoms.